The van der Waals surface area contributed by atoms with Gasteiger partial charge in [0, 0.05) is 0 Å². The van der Waals surface area contributed by atoms with Gasteiger partial charge in [-0.25, -0.2) is 9.59 Å². The van der Waals surface area contributed by atoms with Gasteiger partial charge in [0.15, 0.2) is 6.04 Å². The van der Waals surface area contributed by atoms with Crippen molar-refractivity contribution in [2.24, 2.45) is 5.41 Å². The van der Waals surface area contributed by atoms with Gasteiger partial charge in [0.1, 0.15) is 12.4 Å². The maximum absolute atomic E-state index is 12.7. The summed E-state index contributed by atoms with van der Waals surface area (Å²) in [5.74, 6) is -0.133. The number of rotatable bonds is 6. The summed E-state index contributed by atoms with van der Waals surface area (Å²) in [7, 11) is 0. The average molecular weight is 377 g/mol. The van der Waals surface area contributed by atoms with E-state index in [4.69, 9.17) is 9.47 Å². The molecule has 27 heavy (non-hydrogen) atoms. The Morgan fingerprint density at radius 1 is 1.33 bits per heavy atom. The van der Waals surface area contributed by atoms with E-state index < -0.39 is 24.2 Å². The van der Waals surface area contributed by atoms with Crippen LogP contribution >= 0.6 is 0 Å². The maximum atomic E-state index is 12.7. The Labute approximate surface area is 159 Å². The second kappa shape index (κ2) is 8.43. The summed E-state index contributed by atoms with van der Waals surface area (Å²) in [6, 6.07) is 3.74. The number of benzene rings is 1. The summed E-state index contributed by atoms with van der Waals surface area (Å²) in [5.41, 5.74) is 0.861. The van der Waals surface area contributed by atoms with Crippen LogP contribution in [0.3, 0.4) is 0 Å². The van der Waals surface area contributed by atoms with Gasteiger partial charge in [-0.3, -0.25) is 4.90 Å². The lowest BCUT2D eigenvalue weighted by molar-refractivity contribution is -0.151. The number of nitrogens with zero attached hydrogens (tertiary/aromatic N) is 1. The molecule has 1 heterocycles. The molecule has 7 nitrogen and oxygen atoms in total. The van der Waals surface area contributed by atoms with Gasteiger partial charge >= 0.3 is 12.1 Å². The number of fused-ring (bicyclic) bond motifs is 1. The number of β-amino-alcohol motifs (C(OH)–C–C–N with tert-alkyl or cyclic N) is 1. The fraction of sp³-hybridized carbons (Fsp3) is 0.500. The lowest BCUT2D eigenvalue weighted by Gasteiger charge is -2.36. The van der Waals surface area contributed by atoms with Crippen molar-refractivity contribution in [3.05, 3.63) is 42.0 Å². The van der Waals surface area contributed by atoms with E-state index in [-0.39, 0.29) is 18.6 Å². The minimum atomic E-state index is -1.29. The highest BCUT2D eigenvalue weighted by Gasteiger charge is 2.40. The van der Waals surface area contributed by atoms with Gasteiger partial charge in [-0.1, -0.05) is 39.5 Å². The molecule has 2 N–H and O–H groups in total. The van der Waals surface area contributed by atoms with Gasteiger partial charge in [-0.2, -0.15) is 0 Å². The first-order chi connectivity index (χ1) is 12.6. The van der Waals surface area contributed by atoms with Crippen molar-refractivity contribution < 1.29 is 29.3 Å². The molecule has 1 aromatic rings. The van der Waals surface area contributed by atoms with Crippen LogP contribution in [0, 0.1) is 5.41 Å². The van der Waals surface area contributed by atoms with E-state index in [0.29, 0.717) is 29.9 Å². The summed E-state index contributed by atoms with van der Waals surface area (Å²) in [6.45, 7) is 9.95. The first-order valence-corrected chi connectivity index (χ1v) is 8.86. The quantitative estimate of drug-likeness (QED) is 0.583. The van der Waals surface area contributed by atoms with Gasteiger partial charge in [0.2, 0.25) is 0 Å². The van der Waals surface area contributed by atoms with Gasteiger partial charge in [0.05, 0.1) is 19.3 Å². The highest BCUT2D eigenvalue weighted by atomic mass is 16.5. The Bertz CT molecular complexity index is 709. The molecule has 2 rings (SSSR count). The summed E-state index contributed by atoms with van der Waals surface area (Å²) in [6.07, 6.45) is -0.0915. The molecular weight excluding hydrogens is 350 g/mol. The van der Waals surface area contributed by atoms with E-state index in [1.54, 1.807) is 24.3 Å². The van der Waals surface area contributed by atoms with Gasteiger partial charge in [0.25, 0.3) is 0 Å². The van der Waals surface area contributed by atoms with Crippen LogP contribution in [0.5, 0.6) is 5.75 Å². The number of esters is 1. The molecule has 1 aliphatic heterocycles. The standard InChI is InChI=1S/C20H27NO6/c1-5-9-26-13-6-7-14-15(11-13)16(22)12-21(19(24)25)17(14)18(23)27-10-8-20(2,3)4/h5-7,11,16-17,22H,1,8-10,12H2,2-4H3,(H,24,25). The Morgan fingerprint density at radius 2 is 2.04 bits per heavy atom. The zero-order valence-corrected chi connectivity index (χ0v) is 16.0. The lowest BCUT2D eigenvalue weighted by atomic mass is 9.90. The fourth-order valence-electron chi connectivity index (χ4n) is 2.87. The van der Waals surface area contributed by atoms with Crippen molar-refractivity contribution in [3.63, 3.8) is 0 Å². The van der Waals surface area contributed by atoms with Gasteiger partial charge in [-0.15, -0.1) is 0 Å². The van der Waals surface area contributed by atoms with E-state index in [2.05, 4.69) is 6.58 Å². The van der Waals surface area contributed by atoms with Crippen molar-refractivity contribution in [3.8, 4) is 5.75 Å². The predicted molar refractivity (Wildman–Crippen MR) is 99.6 cm³/mol. The number of aliphatic hydroxyl groups is 1. The lowest BCUT2D eigenvalue weighted by Crippen LogP contribution is -2.45. The molecule has 1 aliphatic rings. The van der Waals surface area contributed by atoms with Crippen LogP contribution in [0.1, 0.15) is 50.5 Å². The molecule has 0 spiro atoms. The highest BCUT2D eigenvalue weighted by Crippen LogP contribution is 2.38. The Balaban J connectivity index is 2.29. The minimum Gasteiger partial charge on any atom is -0.490 e. The number of amides is 1. The predicted octanol–water partition coefficient (Wildman–Crippen LogP) is 3.30. The molecule has 0 bridgehead atoms. The number of hydrogen-bond donors (Lipinski definition) is 2. The molecule has 0 aromatic heterocycles. The summed E-state index contributed by atoms with van der Waals surface area (Å²) in [4.78, 5) is 25.2. The van der Waals surface area contributed by atoms with Crippen LogP contribution in [-0.4, -0.2) is 46.9 Å². The third-order valence-corrected chi connectivity index (χ3v) is 4.33. The molecule has 0 aliphatic carbocycles. The molecule has 2 unspecified atom stereocenters. The molecular formula is C20H27NO6. The van der Waals surface area contributed by atoms with Crippen molar-refractivity contribution >= 4 is 12.1 Å². The Kier molecular flexibility index (Phi) is 6.49. The molecule has 0 saturated heterocycles. The Morgan fingerprint density at radius 3 is 2.63 bits per heavy atom. The van der Waals surface area contributed by atoms with Crippen LogP contribution < -0.4 is 4.74 Å². The van der Waals surface area contributed by atoms with E-state index in [9.17, 15) is 19.8 Å². The topological polar surface area (TPSA) is 96.3 Å². The van der Waals surface area contributed by atoms with Gasteiger partial charge in [-0.05, 0) is 35.1 Å². The van der Waals surface area contributed by atoms with E-state index in [1.165, 1.54) is 0 Å². The number of aliphatic hydroxyl groups excluding tert-OH is 1. The second-order valence-electron chi connectivity index (χ2n) is 7.72. The molecule has 0 radical (unpaired) electrons. The first-order valence-electron chi connectivity index (χ1n) is 8.86. The van der Waals surface area contributed by atoms with Crippen LogP contribution in [-0.2, 0) is 9.53 Å². The zero-order chi connectivity index (χ0) is 20.2. The maximum Gasteiger partial charge on any atom is 0.408 e. The van der Waals surface area contributed by atoms with E-state index in [1.807, 2.05) is 20.8 Å². The minimum absolute atomic E-state index is 0.00910. The molecule has 1 amide bonds. The zero-order valence-electron chi connectivity index (χ0n) is 16.0. The van der Waals surface area contributed by atoms with E-state index in [0.717, 1.165) is 4.90 Å². The summed E-state index contributed by atoms with van der Waals surface area (Å²) in [5, 5.41) is 19.9. The number of carbonyl (C=O) groups is 2. The first kappa shape index (κ1) is 20.8. The second-order valence-corrected chi connectivity index (χ2v) is 7.72. The number of carboxylic acid groups (broad SMARTS) is 1. The molecule has 148 valence electrons. The van der Waals surface area contributed by atoms with Crippen LogP contribution in [0.25, 0.3) is 0 Å². The molecule has 7 heteroatoms. The largest absolute Gasteiger partial charge is 0.490 e. The van der Waals surface area contributed by atoms with Crippen LogP contribution in [0.2, 0.25) is 0 Å². The van der Waals surface area contributed by atoms with Gasteiger partial charge < -0.3 is 19.7 Å². The smallest absolute Gasteiger partial charge is 0.408 e. The fourth-order valence-corrected chi connectivity index (χ4v) is 2.87. The summed E-state index contributed by atoms with van der Waals surface area (Å²) >= 11 is 0. The molecule has 2 atom stereocenters. The SMILES string of the molecule is C=CCOc1ccc2c(c1)C(O)CN(C(=O)O)C2C(=O)OCCC(C)(C)C. The third-order valence-electron chi connectivity index (χ3n) is 4.33. The van der Waals surface area contributed by atoms with Crippen molar-refractivity contribution in [2.75, 3.05) is 19.8 Å². The van der Waals surface area contributed by atoms with Crippen molar-refractivity contribution in [1.29, 1.82) is 0 Å². The monoisotopic (exact) mass is 377 g/mol. The molecule has 1 aromatic carbocycles. The van der Waals surface area contributed by atoms with Crippen molar-refractivity contribution in [2.45, 2.75) is 39.3 Å². The Hall–Kier alpha value is -2.54. The van der Waals surface area contributed by atoms with E-state index >= 15 is 0 Å². The number of hydrogen-bond acceptors (Lipinski definition) is 5. The normalized spacial score (nSPS) is 19.2. The molecule has 0 fully saturated rings. The van der Waals surface area contributed by atoms with Crippen LogP contribution in [0.4, 0.5) is 4.79 Å². The van der Waals surface area contributed by atoms with Crippen molar-refractivity contribution in [1.82, 2.24) is 4.90 Å². The molecule has 0 saturated carbocycles. The number of carbonyl (C=O) groups excluding carboxylic acids is 1. The van der Waals surface area contributed by atoms with Crippen LogP contribution in [0.15, 0.2) is 30.9 Å². The third kappa shape index (κ3) is 5.23. The average Bonchev–Trinajstić information content (AvgIpc) is 2.58. The highest BCUT2D eigenvalue weighted by molar-refractivity contribution is 5.83. The summed E-state index contributed by atoms with van der Waals surface area (Å²) < 4.78 is 10.8. The number of ether oxygens (including phenoxy) is 2.